The lowest BCUT2D eigenvalue weighted by atomic mass is 10.2. The smallest absolute Gasteiger partial charge is 0.232 e. The molecule has 0 unspecified atom stereocenters. The molecule has 0 radical (unpaired) electrons. The molecular formula is C17H19FN2O3S. The zero-order valence-electron chi connectivity index (χ0n) is 13.5. The van der Waals surface area contributed by atoms with Crippen molar-refractivity contribution in [3.05, 3.63) is 59.9 Å². The molecule has 0 heterocycles. The summed E-state index contributed by atoms with van der Waals surface area (Å²) in [7, 11) is -3.53. The quantitative estimate of drug-likeness (QED) is 0.871. The molecule has 128 valence electrons. The number of benzene rings is 2. The van der Waals surface area contributed by atoms with Gasteiger partial charge in [0.25, 0.3) is 0 Å². The summed E-state index contributed by atoms with van der Waals surface area (Å²) in [6.45, 7) is 1.87. The molecule has 7 heteroatoms. The first-order valence-electron chi connectivity index (χ1n) is 7.36. The molecule has 0 aliphatic rings. The predicted octanol–water partition coefficient (Wildman–Crippen LogP) is 2.93. The maximum atomic E-state index is 13.5. The highest BCUT2D eigenvalue weighted by atomic mass is 32.2. The lowest BCUT2D eigenvalue weighted by Gasteiger charge is -2.22. The molecular weight excluding hydrogens is 331 g/mol. The minimum Gasteiger partial charge on any atom is -0.324 e. The van der Waals surface area contributed by atoms with E-state index in [1.165, 1.54) is 18.2 Å². The van der Waals surface area contributed by atoms with Crippen LogP contribution in [-0.2, 0) is 14.8 Å². The lowest BCUT2D eigenvalue weighted by molar-refractivity contribution is -0.116. The molecule has 0 aliphatic heterocycles. The van der Waals surface area contributed by atoms with Gasteiger partial charge in [0.2, 0.25) is 15.9 Å². The molecule has 0 saturated carbocycles. The van der Waals surface area contributed by atoms with E-state index in [2.05, 4.69) is 5.32 Å². The monoisotopic (exact) mass is 350 g/mol. The third-order valence-corrected chi connectivity index (χ3v) is 4.61. The van der Waals surface area contributed by atoms with Crippen molar-refractivity contribution >= 4 is 27.3 Å². The SMILES string of the molecule is Cc1ccc(N(CCC(=O)Nc2ccccc2F)S(C)(=O)=O)cc1. The van der Waals surface area contributed by atoms with Gasteiger partial charge in [-0.25, -0.2) is 12.8 Å². The summed E-state index contributed by atoms with van der Waals surface area (Å²) in [6, 6.07) is 12.8. The number of halogens is 1. The Balaban J connectivity index is 2.07. The number of aryl methyl sites for hydroxylation is 1. The summed E-state index contributed by atoms with van der Waals surface area (Å²) < 4.78 is 38.6. The summed E-state index contributed by atoms with van der Waals surface area (Å²) in [5.41, 5.74) is 1.56. The zero-order chi connectivity index (χ0) is 17.7. The highest BCUT2D eigenvalue weighted by molar-refractivity contribution is 7.92. The molecule has 0 saturated heterocycles. The number of rotatable bonds is 6. The van der Waals surface area contributed by atoms with Crippen LogP contribution in [0.5, 0.6) is 0 Å². The fourth-order valence-corrected chi connectivity index (χ4v) is 3.10. The number of nitrogens with zero attached hydrogens (tertiary/aromatic N) is 1. The molecule has 0 atom stereocenters. The van der Waals surface area contributed by atoms with E-state index >= 15 is 0 Å². The molecule has 1 amide bonds. The van der Waals surface area contributed by atoms with Crippen LogP contribution in [0.4, 0.5) is 15.8 Å². The number of nitrogens with one attached hydrogen (secondary N) is 1. The fourth-order valence-electron chi connectivity index (χ4n) is 2.18. The van der Waals surface area contributed by atoms with E-state index in [1.54, 1.807) is 30.3 Å². The predicted molar refractivity (Wildman–Crippen MR) is 93.0 cm³/mol. The highest BCUT2D eigenvalue weighted by Crippen LogP contribution is 2.19. The van der Waals surface area contributed by atoms with Gasteiger partial charge in [-0.2, -0.15) is 0 Å². The summed E-state index contributed by atoms with van der Waals surface area (Å²) in [4.78, 5) is 12.0. The highest BCUT2D eigenvalue weighted by Gasteiger charge is 2.18. The van der Waals surface area contributed by atoms with Crippen molar-refractivity contribution in [1.29, 1.82) is 0 Å². The Bertz CT molecular complexity index is 820. The van der Waals surface area contributed by atoms with E-state index < -0.39 is 21.7 Å². The van der Waals surface area contributed by atoms with Gasteiger partial charge in [0, 0.05) is 13.0 Å². The molecule has 24 heavy (non-hydrogen) atoms. The Kier molecular flexibility index (Phi) is 5.56. The Labute approximate surface area is 141 Å². The topological polar surface area (TPSA) is 66.5 Å². The number of para-hydroxylation sites is 1. The number of sulfonamides is 1. The van der Waals surface area contributed by atoms with Crippen molar-refractivity contribution in [2.45, 2.75) is 13.3 Å². The van der Waals surface area contributed by atoms with Crippen molar-refractivity contribution in [3.63, 3.8) is 0 Å². The minimum absolute atomic E-state index is 0.0256. The number of anilines is 2. The zero-order valence-corrected chi connectivity index (χ0v) is 14.3. The maximum Gasteiger partial charge on any atom is 0.232 e. The lowest BCUT2D eigenvalue weighted by Crippen LogP contribution is -2.33. The van der Waals surface area contributed by atoms with Crippen LogP contribution in [0.1, 0.15) is 12.0 Å². The van der Waals surface area contributed by atoms with Gasteiger partial charge in [0.05, 0.1) is 17.6 Å². The first kappa shape index (κ1) is 17.9. The molecule has 1 N–H and O–H groups in total. The Hall–Kier alpha value is -2.41. The number of hydrogen-bond acceptors (Lipinski definition) is 3. The van der Waals surface area contributed by atoms with E-state index in [0.717, 1.165) is 16.1 Å². The third-order valence-electron chi connectivity index (χ3n) is 3.41. The van der Waals surface area contributed by atoms with Crippen LogP contribution in [0.2, 0.25) is 0 Å². The maximum absolute atomic E-state index is 13.5. The van der Waals surface area contributed by atoms with Crippen LogP contribution in [0.3, 0.4) is 0 Å². The van der Waals surface area contributed by atoms with E-state index in [-0.39, 0.29) is 18.7 Å². The second-order valence-corrected chi connectivity index (χ2v) is 7.36. The van der Waals surface area contributed by atoms with Crippen LogP contribution in [-0.4, -0.2) is 27.1 Å². The van der Waals surface area contributed by atoms with Gasteiger partial charge in [0.1, 0.15) is 5.82 Å². The largest absolute Gasteiger partial charge is 0.324 e. The number of amides is 1. The summed E-state index contributed by atoms with van der Waals surface area (Å²) >= 11 is 0. The van der Waals surface area contributed by atoms with E-state index in [0.29, 0.717) is 5.69 Å². The second-order valence-electron chi connectivity index (χ2n) is 5.45. The van der Waals surface area contributed by atoms with Gasteiger partial charge in [-0.1, -0.05) is 29.8 Å². The fraction of sp³-hybridized carbons (Fsp3) is 0.235. The Morgan fingerprint density at radius 2 is 1.75 bits per heavy atom. The van der Waals surface area contributed by atoms with E-state index in [1.807, 2.05) is 6.92 Å². The Morgan fingerprint density at radius 1 is 1.12 bits per heavy atom. The van der Waals surface area contributed by atoms with Gasteiger partial charge in [-0.15, -0.1) is 0 Å². The molecule has 0 aliphatic carbocycles. The number of carbonyl (C=O) groups excluding carboxylic acids is 1. The van der Waals surface area contributed by atoms with Gasteiger partial charge < -0.3 is 5.32 Å². The molecule has 2 aromatic carbocycles. The standard InChI is InChI=1S/C17H19FN2O3S/c1-13-7-9-14(10-8-13)20(24(2,22)23)12-11-17(21)19-16-6-4-3-5-15(16)18/h3-10H,11-12H2,1-2H3,(H,19,21). The first-order valence-corrected chi connectivity index (χ1v) is 9.21. The average Bonchev–Trinajstić information content (AvgIpc) is 2.50. The molecule has 0 bridgehead atoms. The van der Waals surface area contributed by atoms with Gasteiger partial charge in [-0.3, -0.25) is 9.10 Å². The molecule has 0 spiro atoms. The van der Waals surface area contributed by atoms with Crippen molar-refractivity contribution in [2.24, 2.45) is 0 Å². The number of carbonyl (C=O) groups is 1. The van der Waals surface area contributed by atoms with Crippen molar-refractivity contribution in [1.82, 2.24) is 0 Å². The van der Waals surface area contributed by atoms with Gasteiger partial charge in [-0.05, 0) is 31.2 Å². The minimum atomic E-state index is -3.53. The summed E-state index contributed by atoms with van der Waals surface area (Å²) in [5, 5.41) is 2.44. The number of hydrogen-bond donors (Lipinski definition) is 1. The van der Waals surface area contributed by atoms with Crippen molar-refractivity contribution in [3.8, 4) is 0 Å². The van der Waals surface area contributed by atoms with E-state index in [4.69, 9.17) is 0 Å². The average molecular weight is 350 g/mol. The van der Waals surface area contributed by atoms with Gasteiger partial charge in [0.15, 0.2) is 0 Å². The summed E-state index contributed by atoms with van der Waals surface area (Å²) in [5.74, 6) is -0.995. The van der Waals surface area contributed by atoms with Crippen LogP contribution in [0, 0.1) is 12.7 Å². The third kappa shape index (κ3) is 4.79. The molecule has 0 aromatic heterocycles. The molecule has 5 nitrogen and oxygen atoms in total. The summed E-state index contributed by atoms with van der Waals surface area (Å²) in [6.07, 6.45) is 0.997. The van der Waals surface area contributed by atoms with Crippen LogP contribution in [0.15, 0.2) is 48.5 Å². The molecule has 2 rings (SSSR count). The van der Waals surface area contributed by atoms with Crippen LogP contribution in [0.25, 0.3) is 0 Å². The van der Waals surface area contributed by atoms with Crippen LogP contribution < -0.4 is 9.62 Å². The van der Waals surface area contributed by atoms with Crippen LogP contribution >= 0.6 is 0 Å². The Morgan fingerprint density at radius 3 is 2.33 bits per heavy atom. The van der Waals surface area contributed by atoms with Gasteiger partial charge >= 0.3 is 0 Å². The van der Waals surface area contributed by atoms with Crippen molar-refractivity contribution in [2.75, 3.05) is 22.4 Å². The van der Waals surface area contributed by atoms with E-state index in [9.17, 15) is 17.6 Å². The molecule has 0 fully saturated rings. The second kappa shape index (κ2) is 7.44. The first-order chi connectivity index (χ1) is 11.3. The normalized spacial score (nSPS) is 11.1. The molecule has 2 aromatic rings. The van der Waals surface area contributed by atoms with Crippen molar-refractivity contribution < 1.29 is 17.6 Å².